The van der Waals surface area contributed by atoms with Crippen LogP contribution in [-0.2, 0) is 28.5 Å². The summed E-state index contributed by atoms with van der Waals surface area (Å²) in [6.07, 6.45) is 3.57. The highest BCUT2D eigenvalue weighted by Crippen LogP contribution is 2.23. The van der Waals surface area contributed by atoms with Gasteiger partial charge in [0.05, 0.1) is 0 Å². The number of ether oxygens (including phenoxy) is 4. The molecule has 2 rings (SSSR count). The second kappa shape index (κ2) is 12.8. The fourth-order valence-corrected chi connectivity index (χ4v) is 3.77. The van der Waals surface area contributed by atoms with Gasteiger partial charge in [0, 0.05) is 38.8 Å². The average molecular weight is 487 g/mol. The quantitative estimate of drug-likeness (QED) is 0.451. The molecule has 0 spiro atoms. The SMILES string of the molecule is CC(=O)O[C@@H]1CC[C@H](NC(=O)OC(C)(C)C)C1.CC(=O)O[C@H]1CC[C@@H](NC(=O)OC(C)(C)C)C1. The molecule has 0 bridgehead atoms. The molecule has 2 aliphatic carbocycles. The highest BCUT2D eigenvalue weighted by Gasteiger charge is 2.30. The monoisotopic (exact) mass is 486 g/mol. The summed E-state index contributed by atoms with van der Waals surface area (Å²) in [4.78, 5) is 44.6. The Hall–Kier alpha value is -2.52. The number of nitrogens with one attached hydrogen (secondary N) is 2. The molecule has 0 saturated heterocycles. The Morgan fingerprint density at radius 2 is 0.941 bits per heavy atom. The summed E-state index contributed by atoms with van der Waals surface area (Å²) < 4.78 is 20.5. The van der Waals surface area contributed by atoms with E-state index in [-0.39, 0.29) is 36.2 Å². The van der Waals surface area contributed by atoms with E-state index in [4.69, 9.17) is 18.9 Å². The molecule has 2 N–H and O–H groups in total. The molecule has 34 heavy (non-hydrogen) atoms. The Balaban J connectivity index is 0.000000340. The second-order valence-electron chi connectivity index (χ2n) is 10.8. The maximum atomic E-state index is 11.5. The number of carbonyl (C=O) groups excluding carboxylic acids is 4. The van der Waals surface area contributed by atoms with Gasteiger partial charge >= 0.3 is 24.1 Å². The van der Waals surface area contributed by atoms with E-state index in [0.717, 1.165) is 25.7 Å². The van der Waals surface area contributed by atoms with Gasteiger partial charge in [-0.3, -0.25) is 9.59 Å². The molecule has 2 saturated carbocycles. The third-order valence-electron chi connectivity index (χ3n) is 4.88. The summed E-state index contributed by atoms with van der Waals surface area (Å²) in [5, 5.41) is 5.57. The highest BCUT2D eigenvalue weighted by atomic mass is 16.6. The molecule has 2 amide bonds. The molecular formula is C24H42N2O8. The first-order chi connectivity index (χ1) is 15.5. The van der Waals surface area contributed by atoms with Crippen LogP contribution in [0.3, 0.4) is 0 Å². The van der Waals surface area contributed by atoms with Crippen LogP contribution >= 0.6 is 0 Å². The van der Waals surface area contributed by atoms with Crippen LogP contribution in [0, 0.1) is 0 Å². The Labute approximate surface area is 202 Å². The van der Waals surface area contributed by atoms with Gasteiger partial charge in [0.1, 0.15) is 23.4 Å². The molecule has 2 fully saturated rings. The van der Waals surface area contributed by atoms with Crippen molar-refractivity contribution in [2.24, 2.45) is 0 Å². The Kier molecular flexibility index (Phi) is 11.1. The molecule has 0 aromatic heterocycles. The number of amides is 2. The van der Waals surface area contributed by atoms with Crippen molar-refractivity contribution >= 4 is 24.1 Å². The van der Waals surface area contributed by atoms with Gasteiger partial charge in [0.2, 0.25) is 0 Å². The zero-order chi connectivity index (χ0) is 26.1. The molecule has 0 heterocycles. The molecule has 10 heteroatoms. The molecule has 0 radical (unpaired) electrons. The van der Waals surface area contributed by atoms with E-state index in [9.17, 15) is 19.2 Å². The van der Waals surface area contributed by atoms with Gasteiger partial charge in [-0.25, -0.2) is 9.59 Å². The van der Waals surface area contributed by atoms with Crippen molar-refractivity contribution in [3.8, 4) is 0 Å². The largest absolute Gasteiger partial charge is 0.462 e. The van der Waals surface area contributed by atoms with E-state index in [0.29, 0.717) is 12.8 Å². The standard InChI is InChI=1S/2C12H21NO4/c2*1-8(14)16-10-6-5-9(7-10)13-11(15)17-12(2,3)4/h2*9-10H,5-7H2,1-4H3,(H,13,15)/t2*9-,10+/m10/s1. The van der Waals surface area contributed by atoms with Crippen LogP contribution < -0.4 is 10.6 Å². The summed E-state index contributed by atoms with van der Waals surface area (Å²) >= 11 is 0. The number of alkyl carbamates (subject to hydrolysis) is 2. The third-order valence-corrected chi connectivity index (χ3v) is 4.88. The van der Waals surface area contributed by atoms with E-state index >= 15 is 0 Å². The zero-order valence-corrected chi connectivity index (χ0v) is 21.8. The van der Waals surface area contributed by atoms with Crippen molar-refractivity contribution in [2.45, 2.75) is 129 Å². The topological polar surface area (TPSA) is 129 Å². The fraction of sp³-hybridized carbons (Fsp3) is 0.833. The maximum absolute atomic E-state index is 11.5. The van der Waals surface area contributed by atoms with E-state index < -0.39 is 23.4 Å². The van der Waals surface area contributed by atoms with Crippen LogP contribution in [-0.4, -0.2) is 59.6 Å². The van der Waals surface area contributed by atoms with E-state index in [1.807, 2.05) is 41.5 Å². The first-order valence-electron chi connectivity index (χ1n) is 11.9. The zero-order valence-electron chi connectivity index (χ0n) is 21.8. The fourth-order valence-electron chi connectivity index (χ4n) is 3.77. The molecule has 4 atom stereocenters. The van der Waals surface area contributed by atoms with Crippen molar-refractivity contribution in [3.05, 3.63) is 0 Å². The van der Waals surface area contributed by atoms with Crippen LogP contribution in [0.5, 0.6) is 0 Å². The van der Waals surface area contributed by atoms with Gasteiger partial charge < -0.3 is 29.6 Å². The number of esters is 2. The van der Waals surface area contributed by atoms with Crippen molar-refractivity contribution in [1.29, 1.82) is 0 Å². The van der Waals surface area contributed by atoms with Crippen LogP contribution in [0.15, 0.2) is 0 Å². The molecule has 0 aromatic carbocycles. The van der Waals surface area contributed by atoms with E-state index in [1.165, 1.54) is 13.8 Å². The lowest BCUT2D eigenvalue weighted by molar-refractivity contribution is -0.147. The van der Waals surface area contributed by atoms with Gasteiger partial charge in [0.15, 0.2) is 0 Å². The van der Waals surface area contributed by atoms with Crippen molar-refractivity contribution in [3.63, 3.8) is 0 Å². The first kappa shape index (κ1) is 29.5. The van der Waals surface area contributed by atoms with Crippen molar-refractivity contribution in [1.82, 2.24) is 10.6 Å². The normalized spacial score (nSPS) is 24.2. The minimum atomic E-state index is -0.488. The molecule has 10 nitrogen and oxygen atoms in total. The molecule has 196 valence electrons. The van der Waals surface area contributed by atoms with E-state index in [2.05, 4.69) is 10.6 Å². The van der Waals surface area contributed by atoms with Gasteiger partial charge in [0.25, 0.3) is 0 Å². The van der Waals surface area contributed by atoms with Crippen LogP contribution in [0.1, 0.15) is 93.9 Å². The van der Waals surface area contributed by atoms with Crippen molar-refractivity contribution in [2.75, 3.05) is 0 Å². The number of hydrogen-bond acceptors (Lipinski definition) is 8. The summed E-state index contributed by atoms with van der Waals surface area (Å²) in [6, 6.07) is 0.0726. The summed E-state index contributed by atoms with van der Waals surface area (Å²) in [6.45, 7) is 13.7. The number of rotatable bonds is 4. The Bertz CT molecular complexity index is 651. The van der Waals surface area contributed by atoms with Gasteiger partial charge in [-0.2, -0.15) is 0 Å². The van der Waals surface area contributed by atoms with Crippen LogP contribution in [0.25, 0.3) is 0 Å². The van der Waals surface area contributed by atoms with Crippen LogP contribution in [0.4, 0.5) is 9.59 Å². The predicted octanol–water partition coefficient (Wildman–Crippen LogP) is 3.99. The predicted molar refractivity (Wildman–Crippen MR) is 125 cm³/mol. The van der Waals surface area contributed by atoms with Gasteiger partial charge in [-0.1, -0.05) is 0 Å². The summed E-state index contributed by atoms with van der Waals surface area (Å²) in [5.41, 5.74) is -0.976. The lowest BCUT2D eigenvalue weighted by Crippen LogP contribution is -2.38. The Morgan fingerprint density at radius 3 is 1.21 bits per heavy atom. The van der Waals surface area contributed by atoms with Gasteiger partial charge in [-0.05, 0) is 67.2 Å². The van der Waals surface area contributed by atoms with Gasteiger partial charge in [-0.15, -0.1) is 0 Å². The van der Waals surface area contributed by atoms with E-state index in [1.54, 1.807) is 0 Å². The lowest BCUT2D eigenvalue weighted by atomic mass is 10.2. The lowest BCUT2D eigenvalue weighted by Gasteiger charge is -2.21. The molecular weight excluding hydrogens is 444 g/mol. The minimum Gasteiger partial charge on any atom is -0.462 e. The molecule has 0 aliphatic heterocycles. The molecule has 2 aliphatic rings. The third kappa shape index (κ3) is 13.9. The minimum absolute atomic E-state index is 0.0363. The second-order valence-corrected chi connectivity index (χ2v) is 10.8. The maximum Gasteiger partial charge on any atom is 0.407 e. The first-order valence-corrected chi connectivity index (χ1v) is 11.9. The highest BCUT2D eigenvalue weighted by molar-refractivity contribution is 5.69. The average Bonchev–Trinajstić information content (AvgIpc) is 3.20. The van der Waals surface area contributed by atoms with Crippen LogP contribution in [0.2, 0.25) is 0 Å². The molecule has 0 aromatic rings. The van der Waals surface area contributed by atoms with Crippen molar-refractivity contribution < 1.29 is 38.1 Å². The summed E-state index contributed by atoms with van der Waals surface area (Å²) in [7, 11) is 0. The molecule has 0 unspecified atom stereocenters. The summed E-state index contributed by atoms with van der Waals surface area (Å²) in [5.74, 6) is -0.541. The number of hydrogen-bond donors (Lipinski definition) is 2. The number of carbonyl (C=O) groups is 4. The smallest absolute Gasteiger partial charge is 0.407 e. The Morgan fingerprint density at radius 1 is 0.618 bits per heavy atom.